The Morgan fingerprint density at radius 3 is 2.85 bits per heavy atom. The third kappa shape index (κ3) is 2.81. The Morgan fingerprint density at radius 1 is 1.15 bits per heavy atom. The molecule has 0 aliphatic heterocycles. The maximum atomic E-state index is 11.2. The van der Waals surface area contributed by atoms with E-state index in [2.05, 4.69) is 9.97 Å². The largest absolute Gasteiger partial charge is 0.489 e. The van der Waals surface area contributed by atoms with E-state index in [1.54, 1.807) is 18.3 Å². The van der Waals surface area contributed by atoms with Crippen LogP contribution in [0.4, 0.5) is 0 Å². The normalized spacial score (nSPS) is 10.7. The number of nitrogens with zero attached hydrogens (tertiary/aromatic N) is 1. The second-order valence-electron chi connectivity index (χ2n) is 4.35. The van der Waals surface area contributed by atoms with Gasteiger partial charge in [-0.3, -0.25) is 4.79 Å². The number of fused-ring (bicyclic) bond motifs is 1. The van der Waals surface area contributed by atoms with Gasteiger partial charge in [0.2, 0.25) is 5.56 Å². The molecule has 0 amide bonds. The zero-order valence-electron chi connectivity index (χ0n) is 10.5. The number of hydrogen-bond acceptors (Lipinski definition) is 3. The molecule has 0 spiro atoms. The van der Waals surface area contributed by atoms with Crippen molar-refractivity contribution < 1.29 is 4.74 Å². The molecule has 5 heteroatoms. The van der Waals surface area contributed by atoms with Crippen LogP contribution in [-0.2, 0) is 6.61 Å². The van der Waals surface area contributed by atoms with Gasteiger partial charge in [0.15, 0.2) is 0 Å². The Labute approximate surface area is 120 Å². The molecule has 0 saturated carbocycles. The second-order valence-corrected chi connectivity index (χ2v) is 4.74. The van der Waals surface area contributed by atoms with E-state index in [0.717, 1.165) is 22.2 Å². The third-order valence-electron chi connectivity index (χ3n) is 2.89. The van der Waals surface area contributed by atoms with Crippen molar-refractivity contribution in [1.29, 1.82) is 0 Å². The summed E-state index contributed by atoms with van der Waals surface area (Å²) >= 11 is 5.73. The summed E-state index contributed by atoms with van der Waals surface area (Å²) in [7, 11) is 0. The summed E-state index contributed by atoms with van der Waals surface area (Å²) in [6, 6.07) is 12.4. The van der Waals surface area contributed by atoms with E-state index in [0.29, 0.717) is 11.8 Å². The highest BCUT2D eigenvalue weighted by molar-refractivity contribution is 6.29. The first-order valence-electron chi connectivity index (χ1n) is 6.07. The zero-order valence-corrected chi connectivity index (χ0v) is 11.2. The smallest absolute Gasteiger partial charge is 0.248 e. The summed E-state index contributed by atoms with van der Waals surface area (Å²) in [5, 5.41) is 1.39. The van der Waals surface area contributed by atoms with Crippen LogP contribution in [0.5, 0.6) is 5.75 Å². The summed E-state index contributed by atoms with van der Waals surface area (Å²) in [6.07, 6.45) is 1.68. The van der Waals surface area contributed by atoms with E-state index in [9.17, 15) is 4.79 Å². The highest BCUT2D eigenvalue weighted by atomic mass is 35.5. The molecule has 0 radical (unpaired) electrons. The van der Waals surface area contributed by atoms with Gasteiger partial charge in [0.1, 0.15) is 17.5 Å². The molecule has 0 fully saturated rings. The highest BCUT2D eigenvalue weighted by Gasteiger charge is 2.00. The SMILES string of the molecule is O=c1ccc2cc(OCc3ccc(Cl)nc3)ccc2[nH]1. The second kappa shape index (κ2) is 5.35. The van der Waals surface area contributed by atoms with Crippen molar-refractivity contribution in [2.24, 2.45) is 0 Å². The number of halogens is 1. The Balaban J connectivity index is 1.79. The molecule has 0 aliphatic rings. The Morgan fingerprint density at radius 2 is 2.05 bits per heavy atom. The lowest BCUT2D eigenvalue weighted by Crippen LogP contribution is -2.02. The molecule has 0 saturated heterocycles. The Hall–Kier alpha value is -2.33. The van der Waals surface area contributed by atoms with Crippen molar-refractivity contribution in [2.45, 2.75) is 6.61 Å². The molecule has 3 rings (SSSR count). The van der Waals surface area contributed by atoms with E-state index in [1.807, 2.05) is 24.3 Å². The van der Waals surface area contributed by atoms with Gasteiger partial charge in [-0.1, -0.05) is 17.7 Å². The van der Waals surface area contributed by atoms with Crippen molar-refractivity contribution in [3.8, 4) is 5.75 Å². The van der Waals surface area contributed by atoms with E-state index < -0.39 is 0 Å². The van der Waals surface area contributed by atoms with Crippen LogP contribution in [0.15, 0.2) is 53.5 Å². The number of aromatic amines is 1. The van der Waals surface area contributed by atoms with Crippen molar-refractivity contribution in [1.82, 2.24) is 9.97 Å². The molecule has 1 aromatic carbocycles. The lowest BCUT2D eigenvalue weighted by molar-refractivity contribution is 0.306. The average Bonchev–Trinajstić information content (AvgIpc) is 2.46. The fourth-order valence-electron chi connectivity index (χ4n) is 1.88. The molecule has 3 aromatic rings. The molecule has 0 bridgehead atoms. The lowest BCUT2D eigenvalue weighted by Gasteiger charge is -2.07. The quantitative estimate of drug-likeness (QED) is 0.753. The van der Waals surface area contributed by atoms with Gasteiger partial charge in [0.25, 0.3) is 0 Å². The predicted molar refractivity (Wildman–Crippen MR) is 78.1 cm³/mol. The van der Waals surface area contributed by atoms with E-state index in [-0.39, 0.29) is 5.56 Å². The molecule has 4 nitrogen and oxygen atoms in total. The number of rotatable bonds is 3. The molecule has 1 N–H and O–H groups in total. The average molecular weight is 287 g/mol. The number of pyridine rings is 2. The van der Waals surface area contributed by atoms with Gasteiger partial charge in [0, 0.05) is 28.7 Å². The van der Waals surface area contributed by atoms with Crippen LogP contribution < -0.4 is 10.3 Å². The monoisotopic (exact) mass is 286 g/mol. The number of nitrogens with one attached hydrogen (secondary N) is 1. The Bertz CT molecular complexity index is 797. The van der Waals surface area contributed by atoms with Crippen LogP contribution in [0.3, 0.4) is 0 Å². The molecule has 0 aliphatic carbocycles. The minimum Gasteiger partial charge on any atom is -0.489 e. The third-order valence-corrected chi connectivity index (χ3v) is 3.11. The molecule has 0 unspecified atom stereocenters. The molecule has 2 heterocycles. The summed E-state index contributed by atoms with van der Waals surface area (Å²) in [6.45, 7) is 0.416. The van der Waals surface area contributed by atoms with Gasteiger partial charge >= 0.3 is 0 Å². The molecule has 100 valence electrons. The standard InChI is InChI=1S/C15H11ClN2O2/c16-14-5-1-10(8-17-14)9-20-12-3-4-13-11(7-12)2-6-15(19)18-13/h1-8H,9H2,(H,18,19). The van der Waals surface area contributed by atoms with E-state index in [1.165, 1.54) is 6.07 Å². The molecule has 20 heavy (non-hydrogen) atoms. The van der Waals surface area contributed by atoms with Gasteiger partial charge in [0.05, 0.1) is 0 Å². The number of benzene rings is 1. The van der Waals surface area contributed by atoms with Crippen LogP contribution >= 0.6 is 11.6 Å². The van der Waals surface area contributed by atoms with Crippen molar-refractivity contribution in [3.05, 3.63) is 69.7 Å². The topological polar surface area (TPSA) is 55.0 Å². The maximum absolute atomic E-state index is 11.2. The summed E-state index contributed by atoms with van der Waals surface area (Å²) < 4.78 is 5.70. The van der Waals surface area contributed by atoms with Crippen LogP contribution in [0.25, 0.3) is 10.9 Å². The van der Waals surface area contributed by atoms with Gasteiger partial charge in [-0.2, -0.15) is 0 Å². The van der Waals surface area contributed by atoms with Gasteiger partial charge < -0.3 is 9.72 Å². The van der Waals surface area contributed by atoms with Crippen LogP contribution in [0.1, 0.15) is 5.56 Å². The summed E-state index contributed by atoms with van der Waals surface area (Å²) in [5.74, 6) is 0.736. The first-order chi connectivity index (χ1) is 9.70. The first-order valence-corrected chi connectivity index (χ1v) is 6.45. The molecular formula is C15H11ClN2O2. The maximum Gasteiger partial charge on any atom is 0.248 e. The minimum absolute atomic E-state index is 0.113. The lowest BCUT2D eigenvalue weighted by atomic mass is 10.2. The number of aromatic nitrogens is 2. The number of ether oxygens (including phenoxy) is 1. The van der Waals surface area contributed by atoms with Crippen LogP contribution in [0, 0.1) is 0 Å². The van der Waals surface area contributed by atoms with Crippen molar-refractivity contribution >= 4 is 22.5 Å². The number of H-pyrrole nitrogens is 1. The van der Waals surface area contributed by atoms with E-state index >= 15 is 0 Å². The predicted octanol–water partition coefficient (Wildman–Crippen LogP) is 3.16. The summed E-state index contributed by atoms with van der Waals surface area (Å²) in [5.41, 5.74) is 1.62. The van der Waals surface area contributed by atoms with Gasteiger partial charge in [-0.25, -0.2) is 4.98 Å². The first kappa shape index (κ1) is 12.7. The van der Waals surface area contributed by atoms with Crippen LogP contribution in [-0.4, -0.2) is 9.97 Å². The van der Waals surface area contributed by atoms with Crippen molar-refractivity contribution in [2.75, 3.05) is 0 Å². The fourth-order valence-corrected chi connectivity index (χ4v) is 1.99. The van der Waals surface area contributed by atoms with E-state index in [4.69, 9.17) is 16.3 Å². The Kier molecular flexibility index (Phi) is 3.39. The molecule has 0 atom stereocenters. The summed E-state index contributed by atoms with van der Waals surface area (Å²) in [4.78, 5) is 18.0. The van der Waals surface area contributed by atoms with Gasteiger partial charge in [-0.05, 0) is 30.3 Å². The zero-order chi connectivity index (χ0) is 13.9. The van der Waals surface area contributed by atoms with Gasteiger partial charge in [-0.15, -0.1) is 0 Å². The molecular weight excluding hydrogens is 276 g/mol. The van der Waals surface area contributed by atoms with Crippen LogP contribution in [0.2, 0.25) is 5.15 Å². The van der Waals surface area contributed by atoms with Crippen molar-refractivity contribution in [3.63, 3.8) is 0 Å². The number of hydrogen-bond donors (Lipinski definition) is 1. The fraction of sp³-hybridized carbons (Fsp3) is 0.0667. The highest BCUT2D eigenvalue weighted by Crippen LogP contribution is 2.19. The molecule has 2 aromatic heterocycles. The minimum atomic E-state index is -0.113.